The number of benzene rings is 6. The molecule has 0 N–H and O–H groups in total. The van der Waals surface area contributed by atoms with Crippen LogP contribution in [0.2, 0.25) is 0 Å². The molecule has 214 valence electrons. The average Bonchev–Trinajstić information content (AvgIpc) is 3.58. The second-order valence-corrected chi connectivity index (χ2v) is 13.5. The van der Waals surface area contributed by atoms with E-state index in [4.69, 9.17) is 4.98 Å². The Kier molecular flexibility index (Phi) is 5.75. The summed E-state index contributed by atoms with van der Waals surface area (Å²) in [4.78, 5) is 7.18. The molecule has 8 aromatic rings. The van der Waals surface area contributed by atoms with Crippen LogP contribution in [0.25, 0.3) is 53.3 Å². The second kappa shape index (κ2) is 9.88. The third kappa shape index (κ3) is 4.04. The molecule has 9 rings (SSSR count). The van der Waals surface area contributed by atoms with Gasteiger partial charge in [0, 0.05) is 54.2 Å². The first kappa shape index (κ1) is 26.2. The Morgan fingerprint density at radius 2 is 1.20 bits per heavy atom. The van der Waals surface area contributed by atoms with Crippen molar-refractivity contribution in [3.63, 3.8) is 0 Å². The number of aromatic nitrogens is 1. The van der Waals surface area contributed by atoms with Gasteiger partial charge in [0.05, 0.1) is 5.52 Å². The number of thiophene rings is 1. The fraction of sp³-hybridized carbons (Fsp3) is 0.0714. The number of pyridine rings is 1. The Bertz CT molecular complexity index is 2400. The SMILES string of the molecule is CC1(C)c2ccccc2-c2cc(N(c3ccc(-c4ccccc4)cc3)c3ccc4c(c3)sc3c5ccccc5ncc43)ccc21. The smallest absolute Gasteiger partial charge is 0.0716 e. The van der Waals surface area contributed by atoms with E-state index in [-0.39, 0.29) is 5.41 Å². The van der Waals surface area contributed by atoms with E-state index in [9.17, 15) is 0 Å². The Balaban J connectivity index is 1.23. The number of nitrogens with zero attached hydrogens (tertiary/aromatic N) is 2. The summed E-state index contributed by atoms with van der Waals surface area (Å²) in [6.45, 7) is 4.68. The highest BCUT2D eigenvalue weighted by Gasteiger charge is 2.35. The fourth-order valence-electron chi connectivity index (χ4n) is 7.21. The summed E-state index contributed by atoms with van der Waals surface area (Å²) < 4.78 is 2.56. The summed E-state index contributed by atoms with van der Waals surface area (Å²) in [5.74, 6) is 0. The van der Waals surface area contributed by atoms with E-state index >= 15 is 0 Å². The zero-order chi connectivity index (χ0) is 30.1. The summed E-state index contributed by atoms with van der Waals surface area (Å²) in [6.07, 6.45) is 2.04. The third-order valence-electron chi connectivity index (χ3n) is 9.51. The van der Waals surface area contributed by atoms with E-state index in [1.165, 1.54) is 58.9 Å². The van der Waals surface area contributed by atoms with Crippen LogP contribution in [0.1, 0.15) is 25.0 Å². The molecule has 1 aliphatic carbocycles. The van der Waals surface area contributed by atoms with Crippen LogP contribution >= 0.6 is 11.3 Å². The van der Waals surface area contributed by atoms with Crippen molar-refractivity contribution in [3.05, 3.63) is 157 Å². The van der Waals surface area contributed by atoms with Crippen molar-refractivity contribution in [2.75, 3.05) is 4.90 Å². The van der Waals surface area contributed by atoms with Gasteiger partial charge in [-0.1, -0.05) is 111 Å². The van der Waals surface area contributed by atoms with Crippen LogP contribution in [0.3, 0.4) is 0 Å². The molecule has 0 aliphatic heterocycles. The molecule has 0 radical (unpaired) electrons. The lowest BCUT2D eigenvalue weighted by Crippen LogP contribution is -2.15. The lowest BCUT2D eigenvalue weighted by atomic mass is 9.82. The van der Waals surface area contributed by atoms with Crippen LogP contribution in [-0.4, -0.2) is 4.98 Å². The topological polar surface area (TPSA) is 16.1 Å². The first-order chi connectivity index (χ1) is 22.1. The van der Waals surface area contributed by atoms with Gasteiger partial charge in [0.25, 0.3) is 0 Å². The van der Waals surface area contributed by atoms with Crippen molar-refractivity contribution in [1.82, 2.24) is 4.98 Å². The molecule has 0 bridgehead atoms. The molecule has 0 fully saturated rings. The molecule has 2 aromatic heterocycles. The van der Waals surface area contributed by atoms with Crippen molar-refractivity contribution >= 4 is 59.5 Å². The van der Waals surface area contributed by atoms with E-state index < -0.39 is 0 Å². The second-order valence-electron chi connectivity index (χ2n) is 12.4. The molecule has 3 heteroatoms. The molecule has 0 amide bonds. The zero-order valence-electron chi connectivity index (χ0n) is 25.2. The van der Waals surface area contributed by atoms with Gasteiger partial charge in [-0.3, -0.25) is 4.98 Å². The van der Waals surface area contributed by atoms with Gasteiger partial charge < -0.3 is 4.90 Å². The lowest BCUT2D eigenvalue weighted by Gasteiger charge is -2.27. The minimum absolute atomic E-state index is 0.0284. The molecule has 0 saturated heterocycles. The maximum Gasteiger partial charge on any atom is 0.0716 e. The molecule has 0 saturated carbocycles. The maximum absolute atomic E-state index is 4.78. The molecule has 2 heterocycles. The maximum atomic E-state index is 4.78. The van der Waals surface area contributed by atoms with Gasteiger partial charge in [-0.15, -0.1) is 11.3 Å². The van der Waals surface area contributed by atoms with Gasteiger partial charge in [0.1, 0.15) is 0 Å². The largest absolute Gasteiger partial charge is 0.310 e. The van der Waals surface area contributed by atoms with Crippen molar-refractivity contribution < 1.29 is 0 Å². The minimum atomic E-state index is -0.0284. The molecule has 1 aliphatic rings. The number of hydrogen-bond donors (Lipinski definition) is 0. The van der Waals surface area contributed by atoms with Crippen molar-refractivity contribution in [3.8, 4) is 22.3 Å². The highest BCUT2D eigenvalue weighted by Crippen LogP contribution is 2.51. The minimum Gasteiger partial charge on any atom is -0.310 e. The molecular weight excluding hydrogens is 565 g/mol. The summed E-state index contributed by atoms with van der Waals surface area (Å²) in [7, 11) is 0. The van der Waals surface area contributed by atoms with Gasteiger partial charge in [-0.25, -0.2) is 0 Å². The van der Waals surface area contributed by atoms with Gasteiger partial charge >= 0.3 is 0 Å². The predicted molar refractivity (Wildman–Crippen MR) is 192 cm³/mol. The highest BCUT2D eigenvalue weighted by atomic mass is 32.1. The van der Waals surface area contributed by atoms with Crippen LogP contribution in [-0.2, 0) is 5.41 Å². The fourth-order valence-corrected chi connectivity index (χ4v) is 8.46. The monoisotopic (exact) mass is 594 g/mol. The molecule has 0 atom stereocenters. The standard InChI is InChI=1S/C42H30N2S/c1-42(2)37-14-8-6-12-32(37)35-24-30(21-23-38(35)42)44(29-18-16-28(17-19-29)27-10-4-3-5-11-27)31-20-22-33-36-26-43-39-15-9-7-13-34(39)41(36)45-40(33)25-31/h3-26H,1-2H3. The summed E-state index contributed by atoms with van der Waals surface area (Å²) in [5, 5.41) is 3.68. The van der Waals surface area contributed by atoms with Gasteiger partial charge in [-0.05, 0) is 75.8 Å². The van der Waals surface area contributed by atoms with E-state index in [2.05, 4.69) is 158 Å². The quantitative estimate of drug-likeness (QED) is 0.201. The van der Waals surface area contributed by atoms with Crippen LogP contribution in [0, 0.1) is 0 Å². The van der Waals surface area contributed by atoms with Crippen LogP contribution in [0.4, 0.5) is 17.1 Å². The molecule has 0 unspecified atom stereocenters. The number of rotatable bonds is 4. The van der Waals surface area contributed by atoms with Crippen molar-refractivity contribution in [2.24, 2.45) is 0 Å². The predicted octanol–water partition coefficient (Wildman–Crippen LogP) is 12.0. The van der Waals surface area contributed by atoms with Crippen molar-refractivity contribution in [1.29, 1.82) is 0 Å². The number of hydrogen-bond acceptors (Lipinski definition) is 3. The first-order valence-corrected chi connectivity index (χ1v) is 16.3. The third-order valence-corrected chi connectivity index (χ3v) is 10.7. The Morgan fingerprint density at radius 1 is 0.533 bits per heavy atom. The Hall–Kier alpha value is -5.25. The van der Waals surface area contributed by atoms with Crippen LogP contribution < -0.4 is 4.90 Å². The Labute approximate surface area is 266 Å². The van der Waals surface area contributed by atoms with Gasteiger partial charge in [0.15, 0.2) is 0 Å². The molecule has 6 aromatic carbocycles. The van der Waals surface area contributed by atoms with Crippen LogP contribution in [0.15, 0.2) is 146 Å². The lowest BCUT2D eigenvalue weighted by molar-refractivity contribution is 0.660. The van der Waals surface area contributed by atoms with E-state index in [1.54, 1.807) is 0 Å². The number of anilines is 3. The summed E-state index contributed by atoms with van der Waals surface area (Å²) in [5.41, 5.74) is 12.3. The highest BCUT2D eigenvalue weighted by molar-refractivity contribution is 7.26. The summed E-state index contributed by atoms with van der Waals surface area (Å²) >= 11 is 1.86. The van der Waals surface area contributed by atoms with E-state index in [0.717, 1.165) is 22.6 Å². The first-order valence-electron chi connectivity index (χ1n) is 15.5. The van der Waals surface area contributed by atoms with Crippen LogP contribution in [0.5, 0.6) is 0 Å². The normalized spacial score (nSPS) is 13.3. The molecule has 0 spiro atoms. The molecular formula is C42H30N2S. The average molecular weight is 595 g/mol. The van der Waals surface area contributed by atoms with Gasteiger partial charge in [0.2, 0.25) is 0 Å². The number of fused-ring (bicyclic) bond motifs is 8. The zero-order valence-corrected chi connectivity index (χ0v) is 26.0. The Morgan fingerprint density at radius 3 is 2.07 bits per heavy atom. The van der Waals surface area contributed by atoms with Crippen molar-refractivity contribution in [2.45, 2.75) is 19.3 Å². The van der Waals surface area contributed by atoms with E-state index in [0.29, 0.717) is 0 Å². The molecule has 45 heavy (non-hydrogen) atoms. The molecule has 2 nitrogen and oxygen atoms in total. The summed E-state index contributed by atoms with van der Waals surface area (Å²) in [6, 6.07) is 50.8. The van der Waals surface area contributed by atoms with Gasteiger partial charge in [-0.2, -0.15) is 0 Å². The van der Waals surface area contributed by atoms with E-state index in [1.807, 2.05) is 17.5 Å². The number of para-hydroxylation sites is 1.